The molecule has 2 fully saturated rings. The zero-order valence-corrected chi connectivity index (χ0v) is 13.3. The topological polar surface area (TPSA) is 38.3 Å². The van der Waals surface area contributed by atoms with Crippen LogP contribution in [0, 0.1) is 5.92 Å². The molecule has 3 nitrogen and oxygen atoms in total. The van der Waals surface area contributed by atoms with Crippen LogP contribution in [0.1, 0.15) is 37.7 Å². The number of piperidine rings is 1. The summed E-state index contributed by atoms with van der Waals surface area (Å²) in [6.45, 7) is 1.12. The van der Waals surface area contributed by atoms with E-state index in [1.165, 1.54) is 20.0 Å². The van der Waals surface area contributed by atoms with Crippen molar-refractivity contribution in [1.82, 2.24) is 5.32 Å². The van der Waals surface area contributed by atoms with Gasteiger partial charge in [-0.05, 0) is 50.1 Å². The highest BCUT2D eigenvalue weighted by molar-refractivity contribution is 5.85. The summed E-state index contributed by atoms with van der Waals surface area (Å²) < 4.78 is 5.17. The predicted molar refractivity (Wildman–Crippen MR) is 85.7 cm³/mol. The maximum atomic E-state index is 12.5. The van der Waals surface area contributed by atoms with Crippen molar-refractivity contribution in [1.29, 1.82) is 0 Å². The first kappa shape index (κ1) is 16.3. The second-order valence-corrected chi connectivity index (χ2v) is 6.15. The molecular formula is C17H24ClNO2. The molecule has 1 unspecified atom stereocenters. The summed E-state index contributed by atoms with van der Waals surface area (Å²) in [6, 6.07) is 10.8. The Morgan fingerprint density at radius 3 is 2.76 bits per heavy atom. The lowest BCUT2D eigenvalue weighted by Crippen LogP contribution is -2.52. The molecule has 0 radical (unpaired) electrons. The number of hydrogen-bond donors (Lipinski definition) is 1. The Morgan fingerprint density at radius 1 is 1.29 bits per heavy atom. The second-order valence-electron chi connectivity index (χ2n) is 6.15. The number of esters is 1. The fraction of sp³-hybridized carbons (Fsp3) is 0.588. The molecule has 116 valence electrons. The Hall–Kier alpha value is -1.06. The standard InChI is InChI=1S/C17H23NO2.ClH/c1-20-16(19)17(14-7-3-2-4-8-14)10-9-15-13(12-17)6-5-11-18-15;/h2-4,7-8,13,15,18H,5-6,9-12H2,1H3;1H/t13-,15-,17?;/m1./s1. The van der Waals surface area contributed by atoms with E-state index in [9.17, 15) is 4.79 Å². The quantitative estimate of drug-likeness (QED) is 0.853. The number of nitrogens with one attached hydrogen (secondary N) is 1. The highest BCUT2D eigenvalue weighted by Crippen LogP contribution is 2.45. The van der Waals surface area contributed by atoms with Crippen molar-refractivity contribution in [3.63, 3.8) is 0 Å². The van der Waals surface area contributed by atoms with E-state index in [-0.39, 0.29) is 18.4 Å². The molecule has 1 N–H and O–H groups in total. The SMILES string of the molecule is COC(=O)C1(c2ccccc2)CC[C@H]2NCCC[C@@H]2C1.Cl. The minimum atomic E-state index is -0.434. The Bertz CT molecular complexity index is 479. The zero-order chi connectivity index (χ0) is 14.0. The van der Waals surface area contributed by atoms with E-state index in [2.05, 4.69) is 17.4 Å². The van der Waals surface area contributed by atoms with Crippen LogP contribution in [0.5, 0.6) is 0 Å². The van der Waals surface area contributed by atoms with E-state index in [4.69, 9.17) is 4.74 Å². The highest BCUT2D eigenvalue weighted by atomic mass is 35.5. The number of carbonyl (C=O) groups is 1. The molecule has 1 saturated heterocycles. The van der Waals surface area contributed by atoms with Gasteiger partial charge in [0.25, 0.3) is 0 Å². The molecule has 1 aromatic rings. The molecule has 1 aliphatic heterocycles. The average Bonchev–Trinajstić information content (AvgIpc) is 2.54. The van der Waals surface area contributed by atoms with Gasteiger partial charge in [-0.1, -0.05) is 30.3 Å². The van der Waals surface area contributed by atoms with Crippen LogP contribution in [0.4, 0.5) is 0 Å². The minimum absolute atomic E-state index is 0. The van der Waals surface area contributed by atoms with Crippen molar-refractivity contribution in [2.45, 2.75) is 43.6 Å². The maximum absolute atomic E-state index is 12.5. The Labute approximate surface area is 132 Å². The number of fused-ring (bicyclic) bond motifs is 1. The Kier molecular flexibility index (Phi) is 5.28. The van der Waals surface area contributed by atoms with Crippen LogP contribution in [0.2, 0.25) is 0 Å². The van der Waals surface area contributed by atoms with Crippen molar-refractivity contribution < 1.29 is 9.53 Å². The molecule has 3 rings (SSSR count). The Balaban J connectivity index is 0.00000161. The maximum Gasteiger partial charge on any atom is 0.316 e. The van der Waals surface area contributed by atoms with Gasteiger partial charge in [-0.25, -0.2) is 0 Å². The molecule has 0 amide bonds. The van der Waals surface area contributed by atoms with Crippen LogP contribution in [0.15, 0.2) is 30.3 Å². The summed E-state index contributed by atoms with van der Waals surface area (Å²) in [7, 11) is 1.51. The van der Waals surface area contributed by atoms with E-state index in [0.717, 1.165) is 31.4 Å². The van der Waals surface area contributed by atoms with Gasteiger partial charge in [-0.15, -0.1) is 12.4 Å². The van der Waals surface area contributed by atoms with Gasteiger partial charge in [0, 0.05) is 6.04 Å². The molecule has 1 saturated carbocycles. The molecule has 2 aliphatic rings. The van der Waals surface area contributed by atoms with Crippen LogP contribution >= 0.6 is 12.4 Å². The van der Waals surface area contributed by atoms with E-state index < -0.39 is 5.41 Å². The molecule has 1 aromatic carbocycles. The van der Waals surface area contributed by atoms with Crippen LogP contribution in [-0.2, 0) is 14.9 Å². The van der Waals surface area contributed by atoms with Crippen molar-refractivity contribution in [2.75, 3.05) is 13.7 Å². The molecule has 0 bridgehead atoms. The average molecular weight is 310 g/mol. The number of ether oxygens (including phenoxy) is 1. The zero-order valence-electron chi connectivity index (χ0n) is 12.5. The van der Waals surface area contributed by atoms with Gasteiger partial charge >= 0.3 is 5.97 Å². The molecule has 4 heteroatoms. The third kappa shape index (κ3) is 2.95. The monoisotopic (exact) mass is 309 g/mol. The summed E-state index contributed by atoms with van der Waals surface area (Å²) in [6.07, 6.45) is 5.31. The van der Waals surface area contributed by atoms with Crippen LogP contribution < -0.4 is 5.32 Å². The minimum Gasteiger partial charge on any atom is -0.468 e. The first-order valence-electron chi connectivity index (χ1n) is 7.63. The van der Waals surface area contributed by atoms with Gasteiger partial charge in [0.05, 0.1) is 12.5 Å². The van der Waals surface area contributed by atoms with E-state index in [1.54, 1.807) is 0 Å². The number of carbonyl (C=O) groups excluding carboxylic acids is 1. The Morgan fingerprint density at radius 2 is 2.05 bits per heavy atom. The fourth-order valence-electron chi connectivity index (χ4n) is 4.07. The highest BCUT2D eigenvalue weighted by Gasteiger charge is 2.48. The molecular weight excluding hydrogens is 286 g/mol. The fourth-order valence-corrected chi connectivity index (χ4v) is 4.07. The number of methoxy groups -OCH3 is 1. The van der Waals surface area contributed by atoms with E-state index in [1.807, 2.05) is 18.2 Å². The van der Waals surface area contributed by atoms with Gasteiger partial charge in [0.1, 0.15) is 0 Å². The molecule has 0 aromatic heterocycles. The van der Waals surface area contributed by atoms with Crippen LogP contribution in [0.25, 0.3) is 0 Å². The number of rotatable bonds is 2. The normalized spacial score (nSPS) is 31.7. The molecule has 0 spiro atoms. The third-order valence-electron chi connectivity index (χ3n) is 5.12. The van der Waals surface area contributed by atoms with Crippen molar-refractivity contribution in [2.24, 2.45) is 5.92 Å². The summed E-state index contributed by atoms with van der Waals surface area (Å²) >= 11 is 0. The summed E-state index contributed by atoms with van der Waals surface area (Å²) in [5.41, 5.74) is 0.687. The van der Waals surface area contributed by atoms with Crippen LogP contribution in [0.3, 0.4) is 0 Å². The summed E-state index contributed by atoms with van der Waals surface area (Å²) in [5, 5.41) is 3.62. The number of benzene rings is 1. The summed E-state index contributed by atoms with van der Waals surface area (Å²) in [5.74, 6) is 0.532. The smallest absolute Gasteiger partial charge is 0.316 e. The van der Waals surface area contributed by atoms with Gasteiger partial charge in [0.2, 0.25) is 0 Å². The van der Waals surface area contributed by atoms with Gasteiger partial charge in [-0.3, -0.25) is 4.79 Å². The van der Waals surface area contributed by atoms with Gasteiger partial charge < -0.3 is 10.1 Å². The van der Waals surface area contributed by atoms with Crippen molar-refractivity contribution in [3.05, 3.63) is 35.9 Å². The van der Waals surface area contributed by atoms with Crippen LogP contribution in [-0.4, -0.2) is 25.7 Å². The van der Waals surface area contributed by atoms with Crippen molar-refractivity contribution in [3.8, 4) is 0 Å². The van der Waals surface area contributed by atoms with Crippen molar-refractivity contribution >= 4 is 18.4 Å². The lowest BCUT2D eigenvalue weighted by molar-refractivity contribution is -0.150. The lowest BCUT2D eigenvalue weighted by Gasteiger charge is -2.45. The predicted octanol–water partition coefficient (Wildman–Crippen LogP) is 3.07. The van der Waals surface area contributed by atoms with Gasteiger partial charge in [-0.2, -0.15) is 0 Å². The van der Waals surface area contributed by atoms with E-state index in [0.29, 0.717) is 12.0 Å². The molecule has 1 heterocycles. The van der Waals surface area contributed by atoms with Gasteiger partial charge in [0.15, 0.2) is 0 Å². The number of halogens is 1. The largest absolute Gasteiger partial charge is 0.468 e. The summed E-state index contributed by atoms with van der Waals surface area (Å²) in [4.78, 5) is 12.5. The van der Waals surface area contributed by atoms with E-state index >= 15 is 0 Å². The molecule has 21 heavy (non-hydrogen) atoms. The molecule has 1 aliphatic carbocycles. The second kappa shape index (κ2) is 6.80. The lowest BCUT2D eigenvalue weighted by atomic mass is 9.62. The first-order valence-corrected chi connectivity index (χ1v) is 7.63. The first-order chi connectivity index (χ1) is 9.76. The third-order valence-corrected chi connectivity index (χ3v) is 5.12. The molecule has 3 atom stereocenters. The number of hydrogen-bond acceptors (Lipinski definition) is 3.